The smallest absolute Gasteiger partial charge is 0.228 e. The summed E-state index contributed by atoms with van der Waals surface area (Å²) in [7, 11) is 3.49. The molecule has 0 radical (unpaired) electrons. The number of carbonyl (C=O) groups is 2. The lowest BCUT2D eigenvalue weighted by Gasteiger charge is -2.37. The number of ether oxygens (including phenoxy) is 1. The third kappa shape index (κ3) is 4.93. The molecule has 7 heteroatoms. The first-order valence-electron chi connectivity index (χ1n) is 11.4. The number of anilines is 1. The van der Waals surface area contributed by atoms with Gasteiger partial charge in [0.05, 0.1) is 18.7 Å². The summed E-state index contributed by atoms with van der Waals surface area (Å²) >= 11 is 0. The number of hydrogen-bond acceptors (Lipinski definition) is 5. The first-order valence-corrected chi connectivity index (χ1v) is 11.4. The number of benzene rings is 1. The Balaban J connectivity index is 1.29. The lowest BCUT2D eigenvalue weighted by atomic mass is 10.00. The molecule has 1 unspecified atom stereocenters. The number of likely N-dealkylation sites (tertiary alicyclic amines) is 1. The Bertz CT molecular complexity index is 928. The Morgan fingerprint density at radius 1 is 1.16 bits per heavy atom. The zero-order valence-corrected chi connectivity index (χ0v) is 18.9. The molecule has 2 saturated heterocycles. The van der Waals surface area contributed by atoms with Crippen LogP contribution in [-0.4, -0.2) is 73.0 Å². The maximum Gasteiger partial charge on any atom is 0.228 e. The zero-order valence-electron chi connectivity index (χ0n) is 18.9. The van der Waals surface area contributed by atoms with Crippen molar-refractivity contribution in [1.82, 2.24) is 14.8 Å². The molecule has 7 nitrogen and oxygen atoms in total. The van der Waals surface area contributed by atoms with Crippen LogP contribution in [0.5, 0.6) is 5.75 Å². The fourth-order valence-electron chi connectivity index (χ4n) is 4.78. The van der Waals surface area contributed by atoms with E-state index in [2.05, 4.69) is 16.0 Å². The van der Waals surface area contributed by atoms with Crippen molar-refractivity contribution in [1.29, 1.82) is 0 Å². The van der Waals surface area contributed by atoms with Crippen molar-refractivity contribution in [3.8, 4) is 5.75 Å². The summed E-state index contributed by atoms with van der Waals surface area (Å²) in [4.78, 5) is 36.3. The second-order valence-electron chi connectivity index (χ2n) is 8.67. The van der Waals surface area contributed by atoms with Crippen LogP contribution >= 0.6 is 0 Å². The normalized spacial score (nSPS) is 19.9. The van der Waals surface area contributed by atoms with Gasteiger partial charge in [0, 0.05) is 64.0 Å². The van der Waals surface area contributed by atoms with Gasteiger partial charge >= 0.3 is 0 Å². The van der Waals surface area contributed by atoms with Gasteiger partial charge in [0.2, 0.25) is 11.8 Å². The van der Waals surface area contributed by atoms with E-state index < -0.39 is 0 Å². The minimum atomic E-state index is -0.306. The van der Waals surface area contributed by atoms with E-state index in [0.717, 1.165) is 50.3 Å². The summed E-state index contributed by atoms with van der Waals surface area (Å²) < 4.78 is 5.40. The Hall–Kier alpha value is -2.93. The molecule has 0 spiro atoms. The zero-order chi connectivity index (χ0) is 22.5. The number of carbonyl (C=O) groups excluding carboxylic acids is 2. The first kappa shape index (κ1) is 22.3. The number of hydrogen-bond donors (Lipinski definition) is 0. The molecule has 1 aromatic heterocycles. The number of nitrogens with zero attached hydrogens (tertiary/aromatic N) is 4. The van der Waals surface area contributed by atoms with Crippen molar-refractivity contribution >= 4 is 17.5 Å². The highest BCUT2D eigenvalue weighted by atomic mass is 16.5. The van der Waals surface area contributed by atoms with E-state index in [0.29, 0.717) is 12.3 Å². The number of rotatable bonds is 7. The van der Waals surface area contributed by atoms with Crippen molar-refractivity contribution in [3.63, 3.8) is 0 Å². The molecule has 1 aromatic carbocycles. The van der Waals surface area contributed by atoms with Gasteiger partial charge in [-0.1, -0.05) is 18.2 Å². The van der Waals surface area contributed by atoms with E-state index in [1.165, 1.54) is 0 Å². The quantitative estimate of drug-likeness (QED) is 0.668. The van der Waals surface area contributed by atoms with Gasteiger partial charge in [-0.25, -0.2) is 0 Å². The SMILES string of the molecule is COc1ccccc1N1CC(C(=O)N(C)C2CCN(CCc3ccccn3)CC2)CC1=O. The fraction of sp³-hybridized carbons (Fsp3) is 0.480. The maximum absolute atomic E-state index is 13.2. The average Bonchev–Trinajstić information content (AvgIpc) is 3.24. The largest absolute Gasteiger partial charge is 0.495 e. The van der Waals surface area contributed by atoms with Crippen LogP contribution in [0, 0.1) is 5.92 Å². The number of amides is 2. The van der Waals surface area contributed by atoms with Crippen LogP contribution in [0.3, 0.4) is 0 Å². The highest BCUT2D eigenvalue weighted by molar-refractivity contribution is 6.01. The van der Waals surface area contributed by atoms with Gasteiger partial charge in [-0.15, -0.1) is 0 Å². The van der Waals surface area contributed by atoms with Gasteiger partial charge in [-0.3, -0.25) is 14.6 Å². The fourth-order valence-corrected chi connectivity index (χ4v) is 4.78. The molecule has 2 amide bonds. The topological polar surface area (TPSA) is 66.0 Å². The van der Waals surface area contributed by atoms with Gasteiger partial charge in [0.25, 0.3) is 0 Å². The summed E-state index contributed by atoms with van der Waals surface area (Å²) in [5.41, 5.74) is 1.85. The summed E-state index contributed by atoms with van der Waals surface area (Å²) in [6.45, 7) is 3.36. The molecule has 2 aliphatic rings. The number of methoxy groups -OCH3 is 1. The van der Waals surface area contributed by atoms with Gasteiger partial charge in [0.15, 0.2) is 0 Å². The summed E-state index contributed by atoms with van der Waals surface area (Å²) in [6.07, 6.45) is 4.96. The van der Waals surface area contributed by atoms with Gasteiger partial charge in [0.1, 0.15) is 5.75 Å². The van der Waals surface area contributed by atoms with Crippen LogP contribution in [0.1, 0.15) is 25.0 Å². The van der Waals surface area contributed by atoms with Crippen molar-refractivity contribution in [2.24, 2.45) is 5.92 Å². The summed E-state index contributed by atoms with van der Waals surface area (Å²) in [5, 5.41) is 0. The number of para-hydroxylation sites is 2. The third-order valence-electron chi connectivity index (χ3n) is 6.71. The molecule has 2 fully saturated rings. The van der Waals surface area contributed by atoms with Crippen LogP contribution < -0.4 is 9.64 Å². The molecule has 170 valence electrons. The third-order valence-corrected chi connectivity index (χ3v) is 6.71. The van der Waals surface area contributed by atoms with Crippen LogP contribution in [0.15, 0.2) is 48.7 Å². The Labute approximate surface area is 190 Å². The molecular weight excluding hydrogens is 404 g/mol. The van der Waals surface area contributed by atoms with Crippen LogP contribution in [0.2, 0.25) is 0 Å². The van der Waals surface area contributed by atoms with E-state index in [-0.39, 0.29) is 30.2 Å². The van der Waals surface area contributed by atoms with Gasteiger partial charge < -0.3 is 19.4 Å². The lowest BCUT2D eigenvalue weighted by Crippen LogP contribution is -2.48. The highest BCUT2D eigenvalue weighted by Crippen LogP contribution is 2.33. The molecule has 32 heavy (non-hydrogen) atoms. The Morgan fingerprint density at radius 2 is 1.91 bits per heavy atom. The predicted molar refractivity (Wildman–Crippen MR) is 124 cm³/mol. The van der Waals surface area contributed by atoms with Crippen LogP contribution in [0.4, 0.5) is 5.69 Å². The molecular formula is C25H32N4O3. The molecule has 2 aromatic rings. The monoisotopic (exact) mass is 436 g/mol. The predicted octanol–water partition coefficient (Wildman–Crippen LogP) is 2.61. The van der Waals surface area contributed by atoms with Crippen LogP contribution in [0.25, 0.3) is 0 Å². The minimum absolute atomic E-state index is 0.0226. The lowest BCUT2D eigenvalue weighted by molar-refractivity contribution is -0.137. The van der Waals surface area contributed by atoms with E-state index in [4.69, 9.17) is 4.74 Å². The standard InChI is InChI=1S/C25H32N4O3/c1-27(21-11-15-28(16-12-21)14-10-20-7-5-6-13-26-20)25(31)19-17-24(30)29(18-19)22-8-3-4-9-23(22)32-2/h3-9,13,19,21H,10-12,14-18H2,1-2H3. The maximum atomic E-state index is 13.2. The molecule has 1 atom stereocenters. The van der Waals surface area contributed by atoms with Gasteiger partial charge in [-0.2, -0.15) is 0 Å². The van der Waals surface area contributed by atoms with E-state index >= 15 is 0 Å². The second-order valence-corrected chi connectivity index (χ2v) is 8.67. The highest BCUT2D eigenvalue weighted by Gasteiger charge is 2.39. The van der Waals surface area contributed by atoms with Crippen molar-refractivity contribution in [2.45, 2.75) is 31.7 Å². The molecule has 3 heterocycles. The number of aromatic nitrogens is 1. The first-order chi connectivity index (χ1) is 15.6. The van der Waals surface area contributed by atoms with Crippen molar-refractivity contribution in [2.75, 3.05) is 45.2 Å². The van der Waals surface area contributed by atoms with Crippen molar-refractivity contribution < 1.29 is 14.3 Å². The number of pyridine rings is 1. The molecule has 0 N–H and O–H groups in total. The van der Waals surface area contributed by atoms with Crippen LogP contribution in [-0.2, 0) is 16.0 Å². The average molecular weight is 437 g/mol. The van der Waals surface area contributed by atoms with Gasteiger partial charge in [-0.05, 0) is 37.1 Å². The van der Waals surface area contributed by atoms with Crippen molar-refractivity contribution in [3.05, 3.63) is 54.4 Å². The minimum Gasteiger partial charge on any atom is -0.495 e. The van der Waals surface area contributed by atoms with E-state index in [1.54, 1.807) is 12.0 Å². The Morgan fingerprint density at radius 3 is 2.62 bits per heavy atom. The second kappa shape index (κ2) is 10.1. The molecule has 0 saturated carbocycles. The van der Waals surface area contributed by atoms with E-state index in [1.807, 2.05) is 54.5 Å². The molecule has 0 bridgehead atoms. The Kier molecular flexibility index (Phi) is 7.05. The number of piperidine rings is 1. The summed E-state index contributed by atoms with van der Waals surface area (Å²) in [5.74, 6) is 0.397. The molecule has 2 aliphatic heterocycles. The summed E-state index contributed by atoms with van der Waals surface area (Å²) in [6, 6.07) is 13.7. The molecule has 0 aliphatic carbocycles. The van der Waals surface area contributed by atoms with E-state index in [9.17, 15) is 9.59 Å². The molecule has 4 rings (SSSR count).